The first-order valence-electron chi connectivity index (χ1n) is 5.03. The first-order chi connectivity index (χ1) is 6.86. The molecule has 0 bridgehead atoms. The maximum atomic E-state index is 5.72. The minimum Gasteiger partial charge on any atom is -0.399 e. The average Bonchev–Trinajstić information content (AvgIpc) is 2.44. The van der Waals surface area contributed by atoms with E-state index in [0.717, 1.165) is 38.4 Å². The fourth-order valence-corrected chi connectivity index (χ4v) is 1.69. The second kappa shape index (κ2) is 4.33. The van der Waals surface area contributed by atoms with Gasteiger partial charge in [0.05, 0.1) is 13.2 Å². The van der Waals surface area contributed by atoms with Crippen LogP contribution in [0.4, 0.5) is 0 Å². The Bertz CT molecular complexity index is 286. The van der Waals surface area contributed by atoms with E-state index in [1.165, 1.54) is 5.70 Å². The third-order valence-corrected chi connectivity index (χ3v) is 2.50. The van der Waals surface area contributed by atoms with Gasteiger partial charge in [-0.25, -0.2) is 0 Å². The molecule has 1 aliphatic heterocycles. The van der Waals surface area contributed by atoms with Gasteiger partial charge in [-0.05, 0) is 18.6 Å². The van der Waals surface area contributed by atoms with Crippen LogP contribution in [0.15, 0.2) is 35.7 Å². The van der Waals surface area contributed by atoms with Gasteiger partial charge < -0.3 is 15.4 Å². The summed E-state index contributed by atoms with van der Waals surface area (Å²) in [5.74, 6) is 0. The SMILES string of the molecule is NC1=CCC=C(N2CCOCC2)C=C1. The van der Waals surface area contributed by atoms with Crippen molar-refractivity contribution in [3.05, 3.63) is 35.7 Å². The maximum Gasteiger partial charge on any atom is 0.0642 e. The van der Waals surface area contributed by atoms with Crippen LogP contribution in [0.5, 0.6) is 0 Å². The van der Waals surface area contributed by atoms with E-state index >= 15 is 0 Å². The molecule has 2 N–H and O–H groups in total. The molecule has 1 fully saturated rings. The van der Waals surface area contributed by atoms with Crippen molar-refractivity contribution < 1.29 is 4.74 Å². The molecule has 2 rings (SSSR count). The van der Waals surface area contributed by atoms with Gasteiger partial charge in [0.15, 0.2) is 0 Å². The molecule has 1 heterocycles. The Morgan fingerprint density at radius 2 is 1.93 bits per heavy atom. The molecule has 3 heteroatoms. The second-order valence-electron chi connectivity index (χ2n) is 3.50. The van der Waals surface area contributed by atoms with Crippen LogP contribution >= 0.6 is 0 Å². The van der Waals surface area contributed by atoms with Crippen molar-refractivity contribution in [2.75, 3.05) is 26.3 Å². The summed E-state index contributed by atoms with van der Waals surface area (Å²) in [5.41, 5.74) is 7.84. The summed E-state index contributed by atoms with van der Waals surface area (Å²) in [5, 5.41) is 0. The van der Waals surface area contributed by atoms with Gasteiger partial charge in [-0.1, -0.05) is 12.2 Å². The third kappa shape index (κ3) is 2.17. The monoisotopic (exact) mass is 192 g/mol. The molecule has 0 saturated carbocycles. The average molecular weight is 192 g/mol. The zero-order chi connectivity index (χ0) is 9.80. The first-order valence-corrected chi connectivity index (χ1v) is 5.03. The number of morpholine rings is 1. The fraction of sp³-hybridized carbons (Fsp3) is 0.455. The number of hydrogen-bond acceptors (Lipinski definition) is 3. The number of nitrogens with two attached hydrogens (primary N) is 1. The molecule has 0 aromatic heterocycles. The zero-order valence-electron chi connectivity index (χ0n) is 8.28. The molecule has 0 aromatic carbocycles. The number of rotatable bonds is 1. The van der Waals surface area contributed by atoms with Gasteiger partial charge in [-0.3, -0.25) is 0 Å². The largest absolute Gasteiger partial charge is 0.399 e. The van der Waals surface area contributed by atoms with Gasteiger partial charge in [0.1, 0.15) is 0 Å². The van der Waals surface area contributed by atoms with Crippen LogP contribution in [-0.2, 0) is 4.74 Å². The molecule has 0 aromatic rings. The topological polar surface area (TPSA) is 38.5 Å². The molecular formula is C11H16N2O. The van der Waals surface area contributed by atoms with Gasteiger partial charge in [0.2, 0.25) is 0 Å². The Morgan fingerprint density at radius 3 is 2.71 bits per heavy atom. The molecule has 76 valence electrons. The molecule has 0 radical (unpaired) electrons. The number of ether oxygens (including phenoxy) is 1. The highest BCUT2D eigenvalue weighted by Crippen LogP contribution is 2.13. The molecule has 0 unspecified atom stereocenters. The van der Waals surface area contributed by atoms with Crippen LogP contribution in [0.25, 0.3) is 0 Å². The summed E-state index contributed by atoms with van der Waals surface area (Å²) in [6, 6.07) is 0. The predicted molar refractivity (Wildman–Crippen MR) is 56.5 cm³/mol. The minimum atomic E-state index is 0.827. The van der Waals surface area contributed by atoms with E-state index in [-0.39, 0.29) is 0 Å². The lowest BCUT2D eigenvalue weighted by Crippen LogP contribution is -2.35. The van der Waals surface area contributed by atoms with E-state index in [9.17, 15) is 0 Å². The number of nitrogens with zero attached hydrogens (tertiary/aromatic N) is 1. The highest BCUT2D eigenvalue weighted by Gasteiger charge is 2.11. The lowest BCUT2D eigenvalue weighted by molar-refractivity contribution is 0.0553. The highest BCUT2D eigenvalue weighted by molar-refractivity contribution is 5.30. The molecule has 3 nitrogen and oxygen atoms in total. The summed E-state index contributed by atoms with van der Waals surface area (Å²) < 4.78 is 5.31. The van der Waals surface area contributed by atoms with Crippen molar-refractivity contribution in [1.82, 2.24) is 4.90 Å². The lowest BCUT2D eigenvalue weighted by atomic mass is 10.3. The standard InChI is InChI=1S/C11H16N2O/c12-10-2-1-3-11(5-4-10)13-6-8-14-9-7-13/h2-5H,1,6-9,12H2. The van der Waals surface area contributed by atoms with E-state index in [1.807, 2.05) is 12.2 Å². The van der Waals surface area contributed by atoms with Crippen LogP contribution in [0.3, 0.4) is 0 Å². The van der Waals surface area contributed by atoms with Crippen molar-refractivity contribution in [2.45, 2.75) is 6.42 Å². The van der Waals surface area contributed by atoms with E-state index in [2.05, 4.69) is 17.1 Å². The van der Waals surface area contributed by atoms with Crippen molar-refractivity contribution in [1.29, 1.82) is 0 Å². The predicted octanol–water partition coefficient (Wildman–Crippen LogP) is 1.01. The fourth-order valence-electron chi connectivity index (χ4n) is 1.69. The van der Waals surface area contributed by atoms with Crippen LogP contribution in [0, 0.1) is 0 Å². The Morgan fingerprint density at radius 1 is 1.14 bits per heavy atom. The summed E-state index contributed by atoms with van der Waals surface area (Å²) in [6.45, 7) is 3.62. The van der Waals surface area contributed by atoms with Crippen molar-refractivity contribution in [3.63, 3.8) is 0 Å². The molecular weight excluding hydrogens is 176 g/mol. The van der Waals surface area contributed by atoms with Gasteiger partial charge in [0, 0.05) is 24.5 Å². The second-order valence-corrected chi connectivity index (χ2v) is 3.50. The van der Waals surface area contributed by atoms with E-state index < -0.39 is 0 Å². The normalized spacial score (nSPS) is 22.7. The lowest BCUT2D eigenvalue weighted by Gasteiger charge is -2.29. The quantitative estimate of drug-likeness (QED) is 0.673. The van der Waals surface area contributed by atoms with Gasteiger partial charge >= 0.3 is 0 Å². The van der Waals surface area contributed by atoms with Gasteiger partial charge in [0.25, 0.3) is 0 Å². The smallest absolute Gasteiger partial charge is 0.0642 e. The molecule has 2 aliphatic rings. The Balaban J connectivity index is 2.03. The van der Waals surface area contributed by atoms with Crippen molar-refractivity contribution in [3.8, 4) is 0 Å². The van der Waals surface area contributed by atoms with Crippen LogP contribution in [0.1, 0.15) is 6.42 Å². The maximum absolute atomic E-state index is 5.72. The molecule has 0 spiro atoms. The summed E-state index contributed by atoms with van der Waals surface area (Å²) >= 11 is 0. The Labute approximate surface area is 84.5 Å². The molecule has 0 amide bonds. The molecule has 1 saturated heterocycles. The van der Waals surface area contributed by atoms with Crippen LogP contribution < -0.4 is 5.73 Å². The first kappa shape index (κ1) is 9.34. The van der Waals surface area contributed by atoms with Crippen molar-refractivity contribution >= 4 is 0 Å². The van der Waals surface area contributed by atoms with E-state index in [1.54, 1.807) is 0 Å². The minimum absolute atomic E-state index is 0.827. The van der Waals surface area contributed by atoms with Crippen LogP contribution in [-0.4, -0.2) is 31.2 Å². The molecule has 1 aliphatic carbocycles. The number of hydrogen-bond donors (Lipinski definition) is 1. The van der Waals surface area contributed by atoms with Gasteiger partial charge in [-0.2, -0.15) is 0 Å². The van der Waals surface area contributed by atoms with E-state index in [0.29, 0.717) is 0 Å². The van der Waals surface area contributed by atoms with E-state index in [4.69, 9.17) is 10.5 Å². The van der Waals surface area contributed by atoms with Gasteiger partial charge in [-0.15, -0.1) is 0 Å². The molecule has 14 heavy (non-hydrogen) atoms. The highest BCUT2D eigenvalue weighted by atomic mass is 16.5. The zero-order valence-corrected chi connectivity index (χ0v) is 8.28. The summed E-state index contributed by atoms with van der Waals surface area (Å²) in [7, 11) is 0. The van der Waals surface area contributed by atoms with Crippen LogP contribution in [0.2, 0.25) is 0 Å². The Hall–Kier alpha value is -1.22. The Kier molecular flexibility index (Phi) is 2.89. The van der Waals surface area contributed by atoms with Crippen molar-refractivity contribution in [2.24, 2.45) is 5.73 Å². The number of allylic oxidation sites excluding steroid dienone is 4. The summed E-state index contributed by atoms with van der Waals surface area (Å²) in [6.07, 6.45) is 9.22. The molecule has 0 atom stereocenters. The third-order valence-electron chi connectivity index (χ3n) is 2.50. The summed E-state index contributed by atoms with van der Waals surface area (Å²) in [4.78, 5) is 2.34.